The summed E-state index contributed by atoms with van der Waals surface area (Å²) < 4.78 is 67.1. The number of alkyl halides is 3. The van der Waals surface area contributed by atoms with E-state index in [0.29, 0.717) is 18.7 Å². The molecule has 9 heteroatoms. The van der Waals surface area contributed by atoms with Crippen molar-refractivity contribution in [3.8, 4) is 5.75 Å². The van der Waals surface area contributed by atoms with E-state index in [1.165, 1.54) is 16.4 Å². The molecule has 0 saturated heterocycles. The normalized spacial score (nSPS) is 12.7. The molecule has 0 heterocycles. The first kappa shape index (κ1) is 17.7. The van der Waals surface area contributed by atoms with Gasteiger partial charge < -0.3 is 4.74 Å². The van der Waals surface area contributed by atoms with E-state index in [-0.39, 0.29) is 12.3 Å². The van der Waals surface area contributed by atoms with Gasteiger partial charge in [-0.3, -0.25) is 0 Å². The average Bonchev–Trinajstić information content (AvgIpc) is 2.37. The number of ether oxygens (including phenoxy) is 1. The summed E-state index contributed by atoms with van der Waals surface area (Å²) >= 11 is 0. The molecule has 0 aliphatic heterocycles. The molecule has 0 amide bonds. The molecule has 0 aliphatic rings. The predicted molar refractivity (Wildman–Crippen MR) is 71.8 cm³/mol. The van der Waals surface area contributed by atoms with Gasteiger partial charge in [0.2, 0.25) is 0 Å². The lowest BCUT2D eigenvalue weighted by Gasteiger charge is -2.18. The monoisotopic (exact) mass is 326 g/mol. The fourth-order valence-corrected chi connectivity index (χ4v) is 2.85. The van der Waals surface area contributed by atoms with Crippen molar-refractivity contribution in [2.45, 2.75) is 26.8 Å². The molecule has 120 valence electrons. The van der Waals surface area contributed by atoms with Crippen LogP contribution in [-0.2, 0) is 16.8 Å². The van der Waals surface area contributed by atoms with Crippen LogP contribution in [0.25, 0.3) is 0 Å². The third-order valence-corrected chi connectivity index (χ3v) is 4.37. The van der Waals surface area contributed by atoms with Crippen molar-refractivity contribution in [3.63, 3.8) is 0 Å². The van der Waals surface area contributed by atoms with Crippen LogP contribution in [0.5, 0.6) is 5.75 Å². The number of hydrogen-bond acceptors (Lipinski definition) is 3. The van der Waals surface area contributed by atoms with E-state index in [4.69, 9.17) is 0 Å². The predicted octanol–water partition coefficient (Wildman–Crippen LogP) is 2.26. The van der Waals surface area contributed by atoms with Gasteiger partial charge in [-0.2, -0.15) is 17.4 Å². The van der Waals surface area contributed by atoms with Crippen LogP contribution in [0.4, 0.5) is 13.2 Å². The number of nitrogens with one attached hydrogen (secondary N) is 1. The second kappa shape index (κ2) is 7.10. The lowest BCUT2D eigenvalue weighted by molar-refractivity contribution is -0.274. The SMILES string of the molecule is CCN(CC)S(=O)(=O)NCc1ccc(OC(F)(F)F)cc1. The van der Waals surface area contributed by atoms with Crippen molar-refractivity contribution in [3.05, 3.63) is 29.8 Å². The summed E-state index contributed by atoms with van der Waals surface area (Å²) in [5, 5.41) is 0. The molecule has 1 N–H and O–H groups in total. The summed E-state index contributed by atoms with van der Waals surface area (Å²) in [5.41, 5.74) is 0.528. The molecule has 0 saturated carbocycles. The van der Waals surface area contributed by atoms with E-state index in [0.717, 1.165) is 12.1 Å². The maximum atomic E-state index is 12.0. The maximum Gasteiger partial charge on any atom is 0.573 e. The molecule has 5 nitrogen and oxygen atoms in total. The van der Waals surface area contributed by atoms with Crippen molar-refractivity contribution in [1.29, 1.82) is 0 Å². The fraction of sp³-hybridized carbons (Fsp3) is 0.500. The molecule has 0 unspecified atom stereocenters. The largest absolute Gasteiger partial charge is 0.573 e. The molecular formula is C12H17F3N2O3S. The Kier molecular flexibility index (Phi) is 5.99. The van der Waals surface area contributed by atoms with E-state index in [2.05, 4.69) is 9.46 Å². The quantitative estimate of drug-likeness (QED) is 0.836. The van der Waals surface area contributed by atoms with Gasteiger partial charge in [0.05, 0.1) is 0 Å². The van der Waals surface area contributed by atoms with Crippen LogP contribution in [0.3, 0.4) is 0 Å². The summed E-state index contributed by atoms with van der Waals surface area (Å²) in [6, 6.07) is 5.00. The minimum Gasteiger partial charge on any atom is -0.406 e. The Morgan fingerprint density at radius 2 is 1.67 bits per heavy atom. The second-order valence-corrected chi connectivity index (χ2v) is 5.86. The van der Waals surface area contributed by atoms with Crippen molar-refractivity contribution in [1.82, 2.24) is 9.03 Å². The van der Waals surface area contributed by atoms with E-state index >= 15 is 0 Å². The van der Waals surface area contributed by atoms with Crippen molar-refractivity contribution < 1.29 is 26.3 Å². The van der Waals surface area contributed by atoms with Gasteiger partial charge in [0.15, 0.2) is 0 Å². The highest BCUT2D eigenvalue weighted by Gasteiger charge is 2.30. The van der Waals surface area contributed by atoms with E-state index in [9.17, 15) is 21.6 Å². The van der Waals surface area contributed by atoms with Gasteiger partial charge in [0.1, 0.15) is 5.75 Å². The van der Waals surface area contributed by atoms with Crippen molar-refractivity contribution in [2.75, 3.05) is 13.1 Å². The van der Waals surface area contributed by atoms with Crippen LogP contribution in [0, 0.1) is 0 Å². The molecule has 1 aromatic rings. The highest BCUT2D eigenvalue weighted by molar-refractivity contribution is 7.87. The number of hydrogen-bond donors (Lipinski definition) is 1. The number of halogens is 3. The smallest absolute Gasteiger partial charge is 0.406 e. The van der Waals surface area contributed by atoms with Crippen LogP contribution < -0.4 is 9.46 Å². The van der Waals surface area contributed by atoms with Gasteiger partial charge in [-0.1, -0.05) is 26.0 Å². The van der Waals surface area contributed by atoms with Gasteiger partial charge >= 0.3 is 6.36 Å². The van der Waals surface area contributed by atoms with E-state index < -0.39 is 16.6 Å². The van der Waals surface area contributed by atoms with Crippen molar-refractivity contribution in [2.24, 2.45) is 0 Å². The van der Waals surface area contributed by atoms with Gasteiger partial charge in [-0.05, 0) is 17.7 Å². The van der Waals surface area contributed by atoms with Crippen LogP contribution >= 0.6 is 0 Å². The third kappa shape index (κ3) is 5.90. The maximum absolute atomic E-state index is 12.0. The van der Waals surface area contributed by atoms with Crippen LogP contribution in [0.15, 0.2) is 24.3 Å². The van der Waals surface area contributed by atoms with E-state index in [1.54, 1.807) is 13.8 Å². The summed E-state index contributed by atoms with van der Waals surface area (Å²) in [7, 11) is -3.59. The Bertz CT molecular complexity index is 540. The topological polar surface area (TPSA) is 58.6 Å². The Balaban J connectivity index is 2.65. The minimum atomic E-state index is -4.74. The number of benzene rings is 1. The minimum absolute atomic E-state index is 0.00880. The molecule has 0 radical (unpaired) electrons. The Labute approximate surface area is 121 Å². The standard InChI is InChI=1S/C12H17F3N2O3S/c1-3-17(4-2)21(18,19)16-9-10-5-7-11(8-6-10)20-12(13,14)15/h5-8,16H,3-4,9H2,1-2H3. The summed E-state index contributed by atoms with van der Waals surface area (Å²) in [6.07, 6.45) is -4.74. The van der Waals surface area contributed by atoms with Gasteiger partial charge in [-0.25, -0.2) is 0 Å². The average molecular weight is 326 g/mol. The summed E-state index contributed by atoms with van der Waals surface area (Å²) in [6.45, 7) is 4.09. The first-order valence-corrected chi connectivity index (χ1v) is 7.71. The number of rotatable bonds is 7. The van der Waals surface area contributed by atoms with E-state index in [1.807, 2.05) is 0 Å². The molecular weight excluding hydrogens is 309 g/mol. The highest BCUT2D eigenvalue weighted by atomic mass is 32.2. The summed E-state index contributed by atoms with van der Waals surface area (Å²) in [4.78, 5) is 0. The van der Waals surface area contributed by atoms with Crippen LogP contribution in [0.2, 0.25) is 0 Å². The first-order chi connectivity index (χ1) is 9.68. The second-order valence-electron chi connectivity index (χ2n) is 4.10. The molecule has 0 bridgehead atoms. The lowest BCUT2D eigenvalue weighted by Crippen LogP contribution is -2.40. The van der Waals surface area contributed by atoms with Crippen LogP contribution in [-0.4, -0.2) is 32.2 Å². The first-order valence-electron chi connectivity index (χ1n) is 6.27. The van der Waals surface area contributed by atoms with Gasteiger partial charge in [-0.15, -0.1) is 13.2 Å². The summed E-state index contributed by atoms with van der Waals surface area (Å²) in [5.74, 6) is -0.349. The molecule has 0 fully saturated rings. The number of nitrogens with zero attached hydrogens (tertiary/aromatic N) is 1. The molecule has 21 heavy (non-hydrogen) atoms. The molecule has 1 aromatic carbocycles. The molecule has 0 aromatic heterocycles. The molecule has 0 spiro atoms. The van der Waals surface area contributed by atoms with Crippen molar-refractivity contribution >= 4 is 10.2 Å². The third-order valence-electron chi connectivity index (χ3n) is 2.66. The molecule has 0 aliphatic carbocycles. The van der Waals surface area contributed by atoms with Gasteiger partial charge in [0.25, 0.3) is 10.2 Å². The van der Waals surface area contributed by atoms with Gasteiger partial charge in [0, 0.05) is 19.6 Å². The Morgan fingerprint density at radius 1 is 1.14 bits per heavy atom. The Morgan fingerprint density at radius 3 is 2.10 bits per heavy atom. The Hall–Kier alpha value is -1.32. The zero-order valence-electron chi connectivity index (χ0n) is 11.6. The molecule has 1 rings (SSSR count). The fourth-order valence-electron chi connectivity index (χ4n) is 1.64. The lowest BCUT2D eigenvalue weighted by atomic mass is 10.2. The zero-order valence-corrected chi connectivity index (χ0v) is 12.5. The highest BCUT2D eigenvalue weighted by Crippen LogP contribution is 2.22. The molecule has 0 atom stereocenters. The zero-order chi connectivity index (χ0) is 16.1. The van der Waals surface area contributed by atoms with Crippen LogP contribution in [0.1, 0.15) is 19.4 Å².